The van der Waals surface area contributed by atoms with Crippen molar-refractivity contribution in [2.24, 2.45) is 17.4 Å². The molecule has 0 saturated carbocycles. The second-order valence-corrected chi connectivity index (χ2v) is 4.57. The van der Waals surface area contributed by atoms with Gasteiger partial charge in [-0.1, -0.05) is 11.6 Å². The summed E-state index contributed by atoms with van der Waals surface area (Å²) in [4.78, 5) is 0. The van der Waals surface area contributed by atoms with Crippen LogP contribution in [0, 0.1) is 5.92 Å². The number of benzene rings is 1. The van der Waals surface area contributed by atoms with Crippen LogP contribution in [0.5, 0.6) is 17.2 Å². The van der Waals surface area contributed by atoms with Gasteiger partial charge in [-0.15, -0.1) is 0 Å². The Bertz CT molecular complexity index is 423. The van der Waals surface area contributed by atoms with Crippen LogP contribution in [0.4, 0.5) is 0 Å². The van der Waals surface area contributed by atoms with E-state index in [1.54, 1.807) is 20.3 Å². The van der Waals surface area contributed by atoms with Crippen molar-refractivity contribution in [3.63, 3.8) is 0 Å². The third-order valence-corrected chi connectivity index (χ3v) is 3.29. The number of rotatable bonds is 7. The Kier molecular flexibility index (Phi) is 6.21. The van der Waals surface area contributed by atoms with Crippen molar-refractivity contribution in [1.82, 2.24) is 0 Å². The lowest BCUT2D eigenvalue weighted by atomic mass is 9.98. The highest BCUT2D eigenvalue weighted by Gasteiger charge is 2.21. The Labute approximate surface area is 118 Å². The maximum Gasteiger partial charge on any atom is 0.205 e. The number of ether oxygens (including phenoxy) is 3. The first-order chi connectivity index (χ1) is 9.12. The lowest BCUT2D eigenvalue weighted by Gasteiger charge is -2.19. The van der Waals surface area contributed by atoms with Gasteiger partial charge in [0.25, 0.3) is 0 Å². The van der Waals surface area contributed by atoms with Crippen LogP contribution in [0.1, 0.15) is 5.56 Å². The molecule has 1 aromatic rings. The standard InChI is InChI=1S/C13H21ClN2O3/c1-17-11-9(4-8(6-15)7-16)5-10(14)12(18-2)13(11)19-3/h5,8H,4,6-7,15-16H2,1-3H3. The number of nitrogens with two attached hydrogens (primary N) is 2. The molecule has 0 aliphatic rings. The summed E-state index contributed by atoms with van der Waals surface area (Å²) in [5, 5.41) is 0.475. The van der Waals surface area contributed by atoms with E-state index in [2.05, 4.69) is 0 Å². The van der Waals surface area contributed by atoms with E-state index in [-0.39, 0.29) is 5.92 Å². The van der Waals surface area contributed by atoms with Gasteiger partial charge in [0.15, 0.2) is 11.5 Å². The van der Waals surface area contributed by atoms with Crippen LogP contribution < -0.4 is 25.7 Å². The lowest BCUT2D eigenvalue weighted by molar-refractivity contribution is 0.321. The average Bonchev–Trinajstić information content (AvgIpc) is 2.43. The second kappa shape index (κ2) is 7.43. The van der Waals surface area contributed by atoms with Crippen molar-refractivity contribution in [3.8, 4) is 17.2 Å². The van der Waals surface area contributed by atoms with Crippen molar-refractivity contribution in [1.29, 1.82) is 0 Å². The Hall–Kier alpha value is -1.17. The molecule has 108 valence electrons. The van der Waals surface area contributed by atoms with Gasteiger partial charge >= 0.3 is 0 Å². The van der Waals surface area contributed by atoms with Gasteiger partial charge in [-0.25, -0.2) is 0 Å². The molecule has 1 rings (SSSR count). The van der Waals surface area contributed by atoms with Crippen molar-refractivity contribution in [2.75, 3.05) is 34.4 Å². The van der Waals surface area contributed by atoms with Gasteiger partial charge < -0.3 is 25.7 Å². The van der Waals surface area contributed by atoms with Crippen LogP contribution in [0.25, 0.3) is 0 Å². The van der Waals surface area contributed by atoms with E-state index < -0.39 is 0 Å². The minimum Gasteiger partial charge on any atom is -0.492 e. The third-order valence-electron chi connectivity index (χ3n) is 3.01. The molecule has 0 atom stereocenters. The number of hydrogen-bond acceptors (Lipinski definition) is 5. The summed E-state index contributed by atoms with van der Waals surface area (Å²) >= 11 is 6.19. The van der Waals surface area contributed by atoms with Crippen LogP contribution in [0.15, 0.2) is 6.07 Å². The van der Waals surface area contributed by atoms with Gasteiger partial charge in [-0.3, -0.25) is 0 Å². The van der Waals surface area contributed by atoms with Gasteiger partial charge in [-0.05, 0) is 31.5 Å². The summed E-state index contributed by atoms with van der Waals surface area (Å²) in [7, 11) is 4.66. The van der Waals surface area contributed by atoms with Crippen molar-refractivity contribution < 1.29 is 14.2 Å². The molecule has 1 aromatic carbocycles. The maximum absolute atomic E-state index is 6.19. The van der Waals surface area contributed by atoms with Gasteiger partial charge in [0, 0.05) is 5.56 Å². The van der Waals surface area contributed by atoms with Crippen molar-refractivity contribution in [3.05, 3.63) is 16.7 Å². The molecule has 19 heavy (non-hydrogen) atoms. The quantitative estimate of drug-likeness (QED) is 0.794. The fourth-order valence-corrected chi connectivity index (χ4v) is 2.26. The zero-order chi connectivity index (χ0) is 14.4. The Balaban J connectivity index is 3.27. The van der Waals surface area contributed by atoms with Crippen LogP contribution in [-0.4, -0.2) is 34.4 Å². The van der Waals surface area contributed by atoms with E-state index in [1.165, 1.54) is 7.11 Å². The summed E-state index contributed by atoms with van der Waals surface area (Å²) in [6, 6.07) is 1.81. The fourth-order valence-electron chi connectivity index (χ4n) is 1.97. The minimum absolute atomic E-state index is 0.170. The molecule has 4 N–H and O–H groups in total. The first kappa shape index (κ1) is 15.9. The molecule has 0 aliphatic heterocycles. The highest BCUT2D eigenvalue weighted by atomic mass is 35.5. The molecule has 0 amide bonds. The van der Waals surface area contributed by atoms with Gasteiger partial charge in [-0.2, -0.15) is 0 Å². The normalized spacial score (nSPS) is 10.7. The second-order valence-electron chi connectivity index (χ2n) is 4.16. The number of methoxy groups -OCH3 is 3. The zero-order valence-corrected chi connectivity index (χ0v) is 12.3. The maximum atomic E-state index is 6.19. The fraction of sp³-hybridized carbons (Fsp3) is 0.538. The minimum atomic E-state index is 0.170. The number of halogens is 1. The molecule has 0 saturated heterocycles. The lowest BCUT2D eigenvalue weighted by Crippen LogP contribution is -2.25. The molecule has 0 aliphatic carbocycles. The molecular formula is C13H21ClN2O3. The van der Waals surface area contributed by atoms with Gasteiger partial charge in [0.05, 0.1) is 26.4 Å². The third kappa shape index (κ3) is 3.43. The molecule has 6 heteroatoms. The summed E-state index contributed by atoms with van der Waals surface area (Å²) in [5.41, 5.74) is 12.3. The van der Waals surface area contributed by atoms with E-state index >= 15 is 0 Å². The average molecular weight is 289 g/mol. The highest BCUT2D eigenvalue weighted by molar-refractivity contribution is 6.32. The van der Waals surface area contributed by atoms with Gasteiger partial charge in [0.1, 0.15) is 0 Å². The molecule has 0 fully saturated rings. The topological polar surface area (TPSA) is 79.7 Å². The molecule has 5 nitrogen and oxygen atoms in total. The van der Waals surface area contributed by atoms with E-state index in [1.807, 2.05) is 0 Å². The number of hydrogen-bond donors (Lipinski definition) is 2. The zero-order valence-electron chi connectivity index (χ0n) is 11.5. The van der Waals surface area contributed by atoms with Crippen LogP contribution in [-0.2, 0) is 6.42 Å². The summed E-state index contributed by atoms with van der Waals surface area (Å²) < 4.78 is 16.0. The van der Waals surface area contributed by atoms with E-state index in [0.717, 1.165) is 5.56 Å². The predicted molar refractivity (Wildman–Crippen MR) is 76.4 cm³/mol. The molecule has 0 heterocycles. The Morgan fingerprint density at radius 1 is 1.00 bits per heavy atom. The molecule has 0 bridgehead atoms. The van der Waals surface area contributed by atoms with Crippen molar-refractivity contribution >= 4 is 11.6 Å². The summed E-state index contributed by atoms with van der Waals surface area (Å²) in [6.07, 6.45) is 0.677. The molecular weight excluding hydrogens is 268 g/mol. The Morgan fingerprint density at radius 2 is 1.53 bits per heavy atom. The summed E-state index contributed by atoms with van der Waals surface area (Å²) in [5.74, 6) is 1.72. The smallest absolute Gasteiger partial charge is 0.205 e. The van der Waals surface area contributed by atoms with E-state index in [4.69, 9.17) is 37.3 Å². The molecule has 0 aromatic heterocycles. The molecule has 0 radical (unpaired) electrons. The largest absolute Gasteiger partial charge is 0.492 e. The first-order valence-electron chi connectivity index (χ1n) is 6.00. The monoisotopic (exact) mass is 288 g/mol. The molecule has 0 spiro atoms. The highest BCUT2D eigenvalue weighted by Crippen LogP contribution is 2.45. The van der Waals surface area contributed by atoms with Gasteiger partial charge in [0.2, 0.25) is 5.75 Å². The Morgan fingerprint density at radius 3 is 1.95 bits per heavy atom. The predicted octanol–water partition coefficient (Wildman–Crippen LogP) is 1.44. The van der Waals surface area contributed by atoms with E-state index in [0.29, 0.717) is 41.8 Å². The van der Waals surface area contributed by atoms with Crippen LogP contribution in [0.3, 0.4) is 0 Å². The van der Waals surface area contributed by atoms with E-state index in [9.17, 15) is 0 Å². The van der Waals surface area contributed by atoms with Crippen molar-refractivity contribution in [2.45, 2.75) is 6.42 Å². The van der Waals surface area contributed by atoms with Crippen LogP contribution >= 0.6 is 11.6 Å². The molecule has 0 unspecified atom stereocenters. The SMILES string of the molecule is COc1c(Cl)cc(CC(CN)CN)c(OC)c1OC. The summed E-state index contributed by atoms with van der Waals surface area (Å²) in [6.45, 7) is 1.01. The van der Waals surface area contributed by atoms with Crippen LogP contribution in [0.2, 0.25) is 5.02 Å². The first-order valence-corrected chi connectivity index (χ1v) is 6.38.